The summed E-state index contributed by atoms with van der Waals surface area (Å²) in [5.41, 5.74) is 0.645. The number of aliphatic carboxylic acids is 1. The quantitative estimate of drug-likeness (QED) is 0.185. The van der Waals surface area contributed by atoms with Crippen molar-refractivity contribution in [3.05, 3.63) is 71.3 Å². The van der Waals surface area contributed by atoms with E-state index in [0.29, 0.717) is 37.3 Å². The van der Waals surface area contributed by atoms with Gasteiger partial charge in [-0.15, -0.1) is 11.8 Å². The summed E-state index contributed by atoms with van der Waals surface area (Å²) in [5, 5.41) is 20.9. The number of pyridine rings is 1. The maximum atomic E-state index is 12.7. The number of fused-ring (bicyclic) bond motifs is 1. The summed E-state index contributed by atoms with van der Waals surface area (Å²) >= 11 is 0. The number of carboxylic acid groups (broad SMARTS) is 1. The molecule has 208 valence electrons. The van der Waals surface area contributed by atoms with Gasteiger partial charge in [-0.1, -0.05) is 30.3 Å². The van der Waals surface area contributed by atoms with Crippen molar-refractivity contribution in [2.45, 2.75) is 71.1 Å². The van der Waals surface area contributed by atoms with E-state index in [1.165, 1.54) is 12.1 Å². The first kappa shape index (κ1) is 30.0. The monoisotopic (exact) mass is 541 g/mol. The van der Waals surface area contributed by atoms with Crippen molar-refractivity contribution in [1.29, 1.82) is 0 Å². The van der Waals surface area contributed by atoms with Gasteiger partial charge in [-0.2, -0.15) is 13.2 Å². The largest absolute Gasteiger partial charge is 0.481 e. The average molecular weight is 542 g/mol. The van der Waals surface area contributed by atoms with Gasteiger partial charge in [0.25, 0.3) is 0 Å². The topological polar surface area (TPSA) is 79.7 Å². The summed E-state index contributed by atoms with van der Waals surface area (Å²) in [4.78, 5) is 15.8. The number of halogens is 3. The van der Waals surface area contributed by atoms with Crippen LogP contribution in [-0.4, -0.2) is 27.8 Å². The third-order valence-electron chi connectivity index (χ3n) is 6.58. The molecule has 0 fully saturated rings. The number of alkyl halides is 3. The molecule has 0 bridgehead atoms. The van der Waals surface area contributed by atoms with E-state index in [0.717, 1.165) is 47.9 Å². The van der Waals surface area contributed by atoms with Crippen molar-refractivity contribution in [3.63, 3.8) is 0 Å². The number of hydrogen-bond acceptors (Lipinski definition) is 4. The fraction of sp³-hybridized carbons (Fsp3) is 0.419. The number of aliphatic hydroxyl groups is 1. The van der Waals surface area contributed by atoms with Crippen LogP contribution in [0.4, 0.5) is 13.2 Å². The first-order valence-electron chi connectivity index (χ1n) is 13.0. The van der Waals surface area contributed by atoms with Crippen LogP contribution in [0.1, 0.15) is 75.2 Å². The SMILES string of the molecule is CC(C)(CCC#CCC(O)c1cc2ccccc2nc1OCCCCCc1ccc(C(F)(F)F)cc1)C(=O)O. The van der Waals surface area contributed by atoms with Gasteiger partial charge in [-0.25, -0.2) is 4.98 Å². The Morgan fingerprint density at radius 3 is 2.44 bits per heavy atom. The minimum absolute atomic E-state index is 0.164. The highest BCUT2D eigenvalue weighted by Gasteiger charge is 2.30. The van der Waals surface area contributed by atoms with Gasteiger partial charge >= 0.3 is 12.1 Å². The number of carboxylic acids is 1. The number of unbranched alkanes of at least 4 members (excludes halogenated alkanes) is 2. The molecule has 1 unspecified atom stereocenters. The molecule has 0 saturated carbocycles. The van der Waals surface area contributed by atoms with Crippen molar-refractivity contribution < 1.29 is 32.9 Å². The molecule has 1 atom stereocenters. The average Bonchev–Trinajstić information content (AvgIpc) is 2.89. The molecule has 0 saturated heterocycles. The Morgan fingerprint density at radius 2 is 1.74 bits per heavy atom. The van der Waals surface area contributed by atoms with Crippen LogP contribution in [0.3, 0.4) is 0 Å². The number of ether oxygens (including phenoxy) is 1. The highest BCUT2D eigenvalue weighted by Crippen LogP contribution is 2.31. The Kier molecular flexibility index (Phi) is 10.4. The molecule has 0 amide bonds. The molecule has 3 rings (SSSR count). The molecule has 3 aromatic rings. The van der Waals surface area contributed by atoms with Gasteiger partial charge < -0.3 is 14.9 Å². The van der Waals surface area contributed by atoms with E-state index < -0.39 is 29.2 Å². The fourth-order valence-corrected chi connectivity index (χ4v) is 3.96. The molecule has 2 aromatic carbocycles. The van der Waals surface area contributed by atoms with E-state index in [1.807, 2.05) is 30.3 Å². The molecule has 8 heteroatoms. The summed E-state index contributed by atoms with van der Waals surface area (Å²) in [6, 6.07) is 14.6. The van der Waals surface area contributed by atoms with Crippen LogP contribution in [0.5, 0.6) is 5.88 Å². The number of aliphatic hydroxyl groups excluding tert-OH is 1. The van der Waals surface area contributed by atoms with Crippen LogP contribution in [0, 0.1) is 17.3 Å². The van der Waals surface area contributed by atoms with Crippen LogP contribution in [0.15, 0.2) is 54.6 Å². The molecular formula is C31H34F3NO4. The van der Waals surface area contributed by atoms with E-state index in [9.17, 15) is 28.2 Å². The lowest BCUT2D eigenvalue weighted by atomic mass is 9.88. The first-order chi connectivity index (χ1) is 18.5. The van der Waals surface area contributed by atoms with Gasteiger partial charge in [0.2, 0.25) is 5.88 Å². The minimum Gasteiger partial charge on any atom is -0.481 e. The van der Waals surface area contributed by atoms with Gasteiger partial charge in [-0.3, -0.25) is 4.79 Å². The molecule has 0 spiro atoms. The summed E-state index contributed by atoms with van der Waals surface area (Å²) in [5.74, 6) is 5.37. The normalized spacial score (nSPS) is 12.6. The number of rotatable bonds is 12. The second kappa shape index (κ2) is 13.5. The Hall–Kier alpha value is -3.57. The van der Waals surface area contributed by atoms with Crippen molar-refractivity contribution in [2.75, 3.05) is 6.61 Å². The van der Waals surface area contributed by atoms with Crippen molar-refractivity contribution in [2.24, 2.45) is 5.41 Å². The number of para-hydroxylation sites is 1. The number of carbonyl (C=O) groups is 1. The summed E-state index contributed by atoms with van der Waals surface area (Å²) in [6.07, 6.45) is -1.22. The molecule has 1 heterocycles. The molecule has 0 aliphatic carbocycles. The summed E-state index contributed by atoms with van der Waals surface area (Å²) in [6.45, 7) is 3.70. The highest BCUT2D eigenvalue weighted by molar-refractivity contribution is 5.80. The summed E-state index contributed by atoms with van der Waals surface area (Å²) < 4.78 is 44.1. The predicted molar refractivity (Wildman–Crippen MR) is 144 cm³/mol. The van der Waals surface area contributed by atoms with Crippen molar-refractivity contribution in [3.8, 4) is 17.7 Å². The third-order valence-corrected chi connectivity index (χ3v) is 6.58. The van der Waals surface area contributed by atoms with Gasteiger partial charge in [0.15, 0.2) is 0 Å². The lowest BCUT2D eigenvalue weighted by molar-refractivity contribution is -0.147. The van der Waals surface area contributed by atoms with E-state index in [1.54, 1.807) is 13.8 Å². The maximum absolute atomic E-state index is 12.7. The fourth-order valence-electron chi connectivity index (χ4n) is 3.96. The molecule has 0 radical (unpaired) electrons. The van der Waals surface area contributed by atoms with Crippen LogP contribution in [-0.2, 0) is 17.4 Å². The second-order valence-corrected chi connectivity index (χ2v) is 10.2. The van der Waals surface area contributed by atoms with E-state index in [2.05, 4.69) is 16.8 Å². The van der Waals surface area contributed by atoms with Gasteiger partial charge in [-0.05, 0) is 75.8 Å². The van der Waals surface area contributed by atoms with E-state index in [4.69, 9.17) is 4.74 Å². The van der Waals surface area contributed by atoms with E-state index in [-0.39, 0.29) is 6.42 Å². The zero-order chi connectivity index (χ0) is 28.5. The zero-order valence-corrected chi connectivity index (χ0v) is 22.2. The minimum atomic E-state index is -4.33. The Labute approximate surface area is 227 Å². The second-order valence-electron chi connectivity index (χ2n) is 10.2. The first-order valence-corrected chi connectivity index (χ1v) is 13.0. The standard InChI is InChI=1S/C31H34F3NO4/c1-30(2,29(37)38)19-9-3-6-14-27(36)25-21-23-12-7-8-13-26(23)35-28(25)39-20-10-4-5-11-22-15-17-24(18-16-22)31(32,33)34/h7-8,12-13,15-18,21,27,36H,4-5,9-11,14,19-20H2,1-2H3,(H,37,38). The number of benzene rings is 2. The maximum Gasteiger partial charge on any atom is 0.416 e. The number of nitrogens with zero attached hydrogens (tertiary/aromatic N) is 1. The van der Waals surface area contributed by atoms with Crippen LogP contribution in [0.2, 0.25) is 0 Å². The Balaban J connectivity index is 1.54. The number of aryl methyl sites for hydroxylation is 1. The van der Waals surface area contributed by atoms with Crippen LogP contribution in [0.25, 0.3) is 10.9 Å². The van der Waals surface area contributed by atoms with Gasteiger partial charge in [0.05, 0.1) is 29.2 Å². The molecule has 5 nitrogen and oxygen atoms in total. The Bertz CT molecular complexity index is 1310. The van der Waals surface area contributed by atoms with E-state index >= 15 is 0 Å². The van der Waals surface area contributed by atoms with Crippen LogP contribution < -0.4 is 4.74 Å². The van der Waals surface area contributed by atoms with Crippen LogP contribution >= 0.6 is 0 Å². The lowest BCUT2D eigenvalue weighted by Gasteiger charge is -2.16. The molecule has 1 aromatic heterocycles. The van der Waals surface area contributed by atoms with Gasteiger partial charge in [0, 0.05) is 23.8 Å². The third kappa shape index (κ3) is 9.00. The highest BCUT2D eigenvalue weighted by atomic mass is 19.4. The molecule has 0 aliphatic heterocycles. The molecular weight excluding hydrogens is 507 g/mol. The summed E-state index contributed by atoms with van der Waals surface area (Å²) in [7, 11) is 0. The molecule has 2 N–H and O–H groups in total. The predicted octanol–water partition coefficient (Wildman–Crippen LogP) is 7.36. The lowest BCUT2D eigenvalue weighted by Crippen LogP contribution is -2.23. The smallest absolute Gasteiger partial charge is 0.416 e. The van der Waals surface area contributed by atoms with Gasteiger partial charge in [0.1, 0.15) is 0 Å². The zero-order valence-electron chi connectivity index (χ0n) is 22.2. The molecule has 0 aliphatic rings. The Morgan fingerprint density at radius 1 is 1.03 bits per heavy atom. The molecule has 39 heavy (non-hydrogen) atoms. The number of hydrogen-bond donors (Lipinski definition) is 2. The number of aromatic nitrogens is 1. The van der Waals surface area contributed by atoms with Crippen molar-refractivity contribution >= 4 is 16.9 Å². The van der Waals surface area contributed by atoms with Crippen molar-refractivity contribution in [1.82, 2.24) is 4.98 Å².